The molecule has 0 saturated carbocycles. The van der Waals surface area contributed by atoms with Gasteiger partial charge in [-0.3, -0.25) is 4.79 Å². The molecular formula is C13H11F3N2O3. The molecule has 112 valence electrons. The van der Waals surface area contributed by atoms with Crippen LogP contribution in [0.15, 0.2) is 28.8 Å². The summed E-state index contributed by atoms with van der Waals surface area (Å²) in [7, 11) is 0. The van der Waals surface area contributed by atoms with Crippen LogP contribution in [0.3, 0.4) is 0 Å². The maximum atomic E-state index is 12.4. The Morgan fingerprint density at radius 3 is 2.52 bits per heavy atom. The lowest BCUT2D eigenvalue weighted by atomic mass is 10.1. The number of aromatic nitrogens is 2. The van der Waals surface area contributed by atoms with E-state index in [-0.39, 0.29) is 24.7 Å². The molecule has 0 unspecified atom stereocenters. The van der Waals surface area contributed by atoms with Crippen LogP contribution in [0.1, 0.15) is 18.3 Å². The Bertz CT molecular complexity index is 620. The van der Waals surface area contributed by atoms with Gasteiger partial charge in [-0.25, -0.2) is 0 Å². The van der Waals surface area contributed by atoms with Crippen molar-refractivity contribution >= 4 is 5.97 Å². The number of halogens is 3. The fourth-order valence-electron chi connectivity index (χ4n) is 1.59. The first-order chi connectivity index (χ1) is 9.90. The summed E-state index contributed by atoms with van der Waals surface area (Å²) >= 11 is 0. The van der Waals surface area contributed by atoms with Crippen molar-refractivity contribution in [3.05, 3.63) is 35.7 Å². The number of carbonyl (C=O) groups is 1. The van der Waals surface area contributed by atoms with Gasteiger partial charge in [0.25, 0.3) is 5.89 Å². The molecule has 1 aromatic heterocycles. The minimum Gasteiger partial charge on any atom is -0.466 e. The van der Waals surface area contributed by atoms with E-state index in [1.165, 1.54) is 12.1 Å². The molecule has 2 aromatic rings. The van der Waals surface area contributed by atoms with Crippen LogP contribution in [-0.2, 0) is 22.1 Å². The molecule has 0 aliphatic carbocycles. The molecule has 8 heteroatoms. The fourth-order valence-corrected chi connectivity index (χ4v) is 1.59. The highest BCUT2D eigenvalue weighted by molar-refractivity contribution is 5.71. The fraction of sp³-hybridized carbons (Fsp3) is 0.308. The maximum absolute atomic E-state index is 12.4. The molecule has 2 rings (SSSR count). The van der Waals surface area contributed by atoms with Crippen molar-refractivity contribution in [2.24, 2.45) is 0 Å². The first kappa shape index (κ1) is 15.0. The maximum Gasteiger partial charge on any atom is 0.416 e. The molecule has 1 heterocycles. The molecule has 21 heavy (non-hydrogen) atoms. The van der Waals surface area contributed by atoms with Crippen LogP contribution in [0.2, 0.25) is 0 Å². The summed E-state index contributed by atoms with van der Waals surface area (Å²) in [6.45, 7) is 1.91. The first-order valence-electron chi connectivity index (χ1n) is 6.06. The summed E-state index contributed by atoms with van der Waals surface area (Å²) in [5, 5.41) is 3.58. The third-order valence-corrected chi connectivity index (χ3v) is 2.54. The summed E-state index contributed by atoms with van der Waals surface area (Å²) in [5.74, 6) is -0.344. The molecule has 1 aromatic carbocycles. The van der Waals surface area contributed by atoms with Crippen molar-refractivity contribution in [1.82, 2.24) is 10.1 Å². The van der Waals surface area contributed by atoms with Crippen molar-refractivity contribution < 1.29 is 27.2 Å². The number of rotatable bonds is 4. The average Bonchev–Trinajstić information content (AvgIpc) is 2.86. The van der Waals surface area contributed by atoms with E-state index in [4.69, 9.17) is 9.26 Å². The molecule has 0 N–H and O–H groups in total. The second-order valence-electron chi connectivity index (χ2n) is 4.07. The molecular weight excluding hydrogens is 289 g/mol. The lowest BCUT2D eigenvalue weighted by Crippen LogP contribution is -2.08. The minimum atomic E-state index is -4.40. The zero-order valence-corrected chi connectivity index (χ0v) is 11.0. The van der Waals surface area contributed by atoms with E-state index in [1.807, 2.05) is 0 Å². The van der Waals surface area contributed by atoms with Crippen LogP contribution >= 0.6 is 0 Å². The van der Waals surface area contributed by atoms with Crippen molar-refractivity contribution in [3.63, 3.8) is 0 Å². The summed E-state index contributed by atoms with van der Waals surface area (Å²) in [6.07, 6.45) is -4.56. The van der Waals surface area contributed by atoms with Gasteiger partial charge < -0.3 is 9.26 Å². The predicted octanol–water partition coefficient (Wildman–Crippen LogP) is 2.86. The van der Waals surface area contributed by atoms with Crippen LogP contribution in [-0.4, -0.2) is 22.7 Å². The van der Waals surface area contributed by atoms with E-state index >= 15 is 0 Å². The second kappa shape index (κ2) is 5.94. The number of ether oxygens (including phenoxy) is 1. The van der Waals surface area contributed by atoms with Gasteiger partial charge in [0.1, 0.15) is 6.42 Å². The van der Waals surface area contributed by atoms with Crippen LogP contribution in [0, 0.1) is 0 Å². The van der Waals surface area contributed by atoms with Crippen molar-refractivity contribution in [2.45, 2.75) is 19.5 Å². The van der Waals surface area contributed by atoms with E-state index in [2.05, 4.69) is 10.1 Å². The highest BCUT2D eigenvalue weighted by atomic mass is 19.4. The summed E-state index contributed by atoms with van der Waals surface area (Å²) in [6, 6.07) is 4.30. The highest BCUT2D eigenvalue weighted by Crippen LogP contribution is 2.30. The second-order valence-corrected chi connectivity index (χ2v) is 4.07. The van der Waals surface area contributed by atoms with Gasteiger partial charge >= 0.3 is 12.1 Å². The normalized spacial score (nSPS) is 11.4. The summed E-state index contributed by atoms with van der Waals surface area (Å²) in [4.78, 5) is 15.2. The number of carbonyl (C=O) groups excluding carboxylic acids is 1. The van der Waals surface area contributed by atoms with Crippen molar-refractivity contribution in [3.8, 4) is 11.5 Å². The van der Waals surface area contributed by atoms with Gasteiger partial charge in [0, 0.05) is 5.56 Å². The monoisotopic (exact) mass is 300 g/mol. The molecule has 0 radical (unpaired) electrons. The van der Waals surface area contributed by atoms with Crippen LogP contribution < -0.4 is 0 Å². The van der Waals surface area contributed by atoms with Gasteiger partial charge in [-0.15, -0.1) is 0 Å². The third-order valence-electron chi connectivity index (χ3n) is 2.54. The number of hydrogen-bond acceptors (Lipinski definition) is 5. The molecule has 0 atom stereocenters. The van der Waals surface area contributed by atoms with E-state index in [0.29, 0.717) is 5.56 Å². The van der Waals surface area contributed by atoms with E-state index < -0.39 is 17.7 Å². The number of esters is 1. The molecule has 0 bridgehead atoms. The molecule has 0 saturated heterocycles. The van der Waals surface area contributed by atoms with Crippen LogP contribution in [0.25, 0.3) is 11.5 Å². The van der Waals surface area contributed by atoms with Gasteiger partial charge in [0.15, 0.2) is 5.82 Å². The number of nitrogens with zero attached hydrogens (tertiary/aromatic N) is 2. The largest absolute Gasteiger partial charge is 0.466 e. The number of benzene rings is 1. The Labute approximate surface area is 117 Å². The third kappa shape index (κ3) is 3.80. The van der Waals surface area contributed by atoms with E-state index in [9.17, 15) is 18.0 Å². The lowest BCUT2D eigenvalue weighted by Gasteiger charge is -2.05. The minimum absolute atomic E-state index is 0.0445. The Kier molecular flexibility index (Phi) is 4.25. The summed E-state index contributed by atoms with van der Waals surface area (Å²) < 4.78 is 47.0. The first-order valence-corrected chi connectivity index (χ1v) is 6.06. The van der Waals surface area contributed by atoms with Gasteiger partial charge in [0.2, 0.25) is 0 Å². The molecule has 0 spiro atoms. The Morgan fingerprint density at radius 2 is 1.95 bits per heavy atom. The van der Waals surface area contributed by atoms with Crippen molar-refractivity contribution in [1.29, 1.82) is 0 Å². The molecule has 0 fully saturated rings. The topological polar surface area (TPSA) is 65.2 Å². The smallest absolute Gasteiger partial charge is 0.416 e. The standard InChI is InChI=1S/C13H11F3N2O3/c1-2-20-11(19)7-10-17-12(21-18-10)8-3-5-9(6-4-8)13(14,15)16/h3-6H,2,7H2,1H3. The summed E-state index contributed by atoms with van der Waals surface area (Å²) in [5.41, 5.74) is -0.428. The van der Waals surface area contributed by atoms with E-state index in [1.54, 1.807) is 6.92 Å². The zero-order chi connectivity index (χ0) is 15.5. The van der Waals surface area contributed by atoms with Crippen molar-refractivity contribution in [2.75, 3.05) is 6.61 Å². The van der Waals surface area contributed by atoms with Crippen LogP contribution in [0.5, 0.6) is 0 Å². The van der Waals surface area contributed by atoms with Gasteiger partial charge in [-0.1, -0.05) is 5.16 Å². The SMILES string of the molecule is CCOC(=O)Cc1noc(-c2ccc(C(F)(F)F)cc2)n1. The molecule has 0 amide bonds. The van der Waals surface area contributed by atoms with Crippen LogP contribution in [0.4, 0.5) is 13.2 Å². The quantitative estimate of drug-likeness (QED) is 0.812. The molecule has 5 nitrogen and oxygen atoms in total. The highest BCUT2D eigenvalue weighted by Gasteiger charge is 2.30. The Morgan fingerprint density at radius 1 is 1.29 bits per heavy atom. The average molecular weight is 300 g/mol. The van der Waals surface area contributed by atoms with Gasteiger partial charge in [0.05, 0.1) is 12.2 Å². The number of hydrogen-bond donors (Lipinski definition) is 0. The van der Waals surface area contributed by atoms with E-state index in [0.717, 1.165) is 12.1 Å². The van der Waals surface area contributed by atoms with Gasteiger partial charge in [-0.05, 0) is 31.2 Å². The zero-order valence-electron chi connectivity index (χ0n) is 11.0. The Hall–Kier alpha value is -2.38. The molecule has 0 aliphatic rings. The molecule has 0 aliphatic heterocycles. The Balaban J connectivity index is 2.12. The predicted molar refractivity (Wildman–Crippen MR) is 65.1 cm³/mol. The number of alkyl halides is 3. The lowest BCUT2D eigenvalue weighted by molar-refractivity contribution is -0.142. The van der Waals surface area contributed by atoms with Gasteiger partial charge in [-0.2, -0.15) is 18.2 Å².